The quantitative estimate of drug-likeness (QED) is 0.0357. The van der Waals surface area contributed by atoms with Crippen molar-refractivity contribution in [3.05, 3.63) is 104 Å². The van der Waals surface area contributed by atoms with Crippen LogP contribution in [0, 0.1) is 0 Å². The third-order valence-corrected chi connectivity index (χ3v) is 19.6. The van der Waals surface area contributed by atoms with E-state index in [9.17, 15) is 0 Å². The Labute approximate surface area is 476 Å². The van der Waals surface area contributed by atoms with Crippen molar-refractivity contribution in [1.82, 2.24) is 9.97 Å². The molecule has 3 aromatic carbocycles. The SMILES string of the molecule is CCCCCCCCCCCCCCCCCCCCc1cc(-c2ccc(-c3cc(CCCCCCCCCCCCCCCCCCCC)c(Br)s3)c3nc(-c4ccccc4)c(-c4ccccc4)nc23)sc1Br. The molecule has 0 unspecified atom stereocenters. The summed E-state index contributed by atoms with van der Waals surface area (Å²) in [6.45, 7) is 4.61. The van der Waals surface area contributed by atoms with Crippen LogP contribution in [0.3, 0.4) is 0 Å². The summed E-state index contributed by atoms with van der Waals surface area (Å²) in [5, 5.41) is 0. The molecule has 6 heteroatoms. The predicted octanol–water partition coefficient (Wildman–Crippen LogP) is 25.1. The van der Waals surface area contributed by atoms with Crippen molar-refractivity contribution >= 4 is 65.6 Å². The highest BCUT2D eigenvalue weighted by Gasteiger charge is 2.22. The molecule has 0 fully saturated rings. The molecule has 0 N–H and O–H groups in total. The molecule has 0 spiro atoms. The first-order valence-electron chi connectivity index (χ1n) is 30.6. The number of hydrogen-bond acceptors (Lipinski definition) is 4. The topological polar surface area (TPSA) is 25.8 Å². The number of fused-ring (bicyclic) bond motifs is 1. The third kappa shape index (κ3) is 21.6. The molecule has 2 nitrogen and oxygen atoms in total. The average Bonchev–Trinajstić information content (AvgIpc) is 4.00. The fourth-order valence-electron chi connectivity index (χ4n) is 11.0. The van der Waals surface area contributed by atoms with Gasteiger partial charge in [-0.1, -0.05) is 305 Å². The van der Waals surface area contributed by atoms with E-state index in [-0.39, 0.29) is 0 Å². The molecule has 0 aliphatic rings. The Bertz CT molecular complexity index is 2220. The van der Waals surface area contributed by atoms with Crippen molar-refractivity contribution in [3.8, 4) is 43.4 Å². The van der Waals surface area contributed by atoms with Gasteiger partial charge in [0, 0.05) is 32.0 Å². The van der Waals surface area contributed by atoms with Crippen LogP contribution >= 0.6 is 54.5 Å². The van der Waals surface area contributed by atoms with Crippen molar-refractivity contribution in [3.63, 3.8) is 0 Å². The maximum Gasteiger partial charge on any atom is 0.0988 e. The van der Waals surface area contributed by atoms with Crippen LogP contribution in [0.2, 0.25) is 0 Å². The molecule has 404 valence electrons. The zero-order chi connectivity index (χ0) is 51.7. The molecule has 3 heterocycles. The van der Waals surface area contributed by atoms with Gasteiger partial charge in [0.25, 0.3) is 0 Å². The number of aryl methyl sites for hydroxylation is 2. The normalized spacial score (nSPS) is 11.7. The van der Waals surface area contributed by atoms with E-state index < -0.39 is 0 Å². The maximum atomic E-state index is 5.66. The molecule has 0 bridgehead atoms. The summed E-state index contributed by atoms with van der Waals surface area (Å²) in [7, 11) is 0. The van der Waals surface area contributed by atoms with Gasteiger partial charge in [-0.25, -0.2) is 9.97 Å². The zero-order valence-corrected chi connectivity index (χ0v) is 51.2. The van der Waals surface area contributed by atoms with Crippen LogP contribution in [-0.4, -0.2) is 9.97 Å². The first-order valence-corrected chi connectivity index (χ1v) is 33.8. The molecule has 0 radical (unpaired) electrons. The minimum atomic E-state index is 0.930. The first kappa shape index (κ1) is 60.6. The van der Waals surface area contributed by atoms with Gasteiger partial charge in [-0.05, 0) is 80.8 Å². The van der Waals surface area contributed by atoms with Gasteiger partial charge >= 0.3 is 0 Å². The van der Waals surface area contributed by atoms with E-state index in [1.165, 1.54) is 260 Å². The summed E-state index contributed by atoms with van der Waals surface area (Å²) in [4.78, 5) is 13.8. The van der Waals surface area contributed by atoms with Crippen molar-refractivity contribution in [2.45, 2.75) is 258 Å². The summed E-state index contributed by atoms with van der Waals surface area (Å²) in [6.07, 6.45) is 52.8. The molecular formula is C68H96Br2N2S2. The van der Waals surface area contributed by atoms with Crippen LogP contribution in [-0.2, 0) is 12.8 Å². The van der Waals surface area contributed by atoms with E-state index in [0.29, 0.717) is 0 Å². The predicted molar refractivity (Wildman–Crippen MR) is 337 cm³/mol. The van der Waals surface area contributed by atoms with Crippen molar-refractivity contribution < 1.29 is 0 Å². The zero-order valence-electron chi connectivity index (χ0n) is 46.4. The highest BCUT2D eigenvalue weighted by Crippen LogP contribution is 2.45. The van der Waals surface area contributed by atoms with Crippen LogP contribution < -0.4 is 0 Å². The van der Waals surface area contributed by atoms with Gasteiger partial charge in [0.05, 0.1) is 30.0 Å². The second-order valence-corrected chi connectivity index (χ2v) is 26.6. The summed E-state index contributed by atoms with van der Waals surface area (Å²) < 4.78 is 2.50. The van der Waals surface area contributed by atoms with E-state index >= 15 is 0 Å². The summed E-state index contributed by atoms with van der Waals surface area (Å²) in [6, 6.07) is 30.8. The highest BCUT2D eigenvalue weighted by molar-refractivity contribution is 9.11. The number of unbranched alkanes of at least 4 members (excludes halogenated alkanes) is 34. The van der Waals surface area contributed by atoms with E-state index in [0.717, 1.165) is 57.5 Å². The second kappa shape index (κ2) is 37.2. The molecule has 3 aromatic heterocycles. The molecular weight excluding hydrogens is 1070 g/mol. The lowest BCUT2D eigenvalue weighted by atomic mass is 9.99. The summed E-state index contributed by atoms with van der Waals surface area (Å²) >= 11 is 11.8. The Kier molecular flexibility index (Phi) is 30.5. The summed E-state index contributed by atoms with van der Waals surface area (Å²) in [5.74, 6) is 0. The Balaban J connectivity index is 1.01. The molecule has 0 saturated heterocycles. The number of halogens is 2. The van der Waals surface area contributed by atoms with E-state index in [2.05, 4.69) is 131 Å². The maximum absolute atomic E-state index is 5.66. The number of thiophene rings is 2. The minimum Gasteiger partial charge on any atom is -0.243 e. The number of rotatable bonds is 42. The molecule has 0 saturated carbocycles. The fraction of sp³-hybridized carbons (Fsp3) is 0.588. The van der Waals surface area contributed by atoms with Gasteiger partial charge in [-0.15, -0.1) is 22.7 Å². The van der Waals surface area contributed by atoms with Gasteiger partial charge in [0.1, 0.15) is 0 Å². The van der Waals surface area contributed by atoms with E-state index in [1.54, 1.807) is 0 Å². The van der Waals surface area contributed by atoms with Crippen LogP contribution in [0.1, 0.15) is 256 Å². The lowest BCUT2D eigenvalue weighted by molar-refractivity contribution is 0.525. The summed E-state index contributed by atoms with van der Waals surface area (Å²) in [5.41, 5.74) is 11.2. The Morgan fingerprint density at radius 1 is 0.324 bits per heavy atom. The van der Waals surface area contributed by atoms with Crippen molar-refractivity contribution in [1.29, 1.82) is 0 Å². The second-order valence-electron chi connectivity index (χ2n) is 21.9. The van der Waals surface area contributed by atoms with Crippen LogP contribution in [0.15, 0.2) is 92.5 Å². The highest BCUT2D eigenvalue weighted by atomic mass is 79.9. The Morgan fingerprint density at radius 2 is 0.581 bits per heavy atom. The molecule has 6 rings (SSSR count). The minimum absolute atomic E-state index is 0.930. The van der Waals surface area contributed by atoms with Gasteiger partial charge in [0.15, 0.2) is 0 Å². The van der Waals surface area contributed by atoms with Crippen molar-refractivity contribution in [2.75, 3.05) is 0 Å². The standard InChI is InChI=1S/C68H96Br2N2S2/c1-3-5-7-9-11-13-15-17-19-21-23-25-27-29-31-33-35-39-49-57-53-61(73-67(57)69)59-51-52-60(66-65(59)71-63(55-45-41-37-42-46-55)64(72-66)56-47-43-38-44-48-56)62-54-58(68(70)74-62)50-40-36-34-32-30-28-26-24-22-20-18-16-14-12-10-8-6-4-2/h37-38,41-48,51-54H,3-36,39-40,49-50H2,1-2H3. The largest absolute Gasteiger partial charge is 0.243 e. The molecule has 0 atom stereocenters. The monoisotopic (exact) mass is 1160 g/mol. The van der Waals surface area contributed by atoms with Crippen LogP contribution in [0.5, 0.6) is 0 Å². The van der Waals surface area contributed by atoms with Gasteiger partial charge < -0.3 is 0 Å². The lowest BCUT2D eigenvalue weighted by Gasteiger charge is -2.15. The van der Waals surface area contributed by atoms with Crippen LogP contribution in [0.25, 0.3) is 54.4 Å². The molecule has 0 aliphatic heterocycles. The van der Waals surface area contributed by atoms with E-state index in [4.69, 9.17) is 9.97 Å². The number of nitrogens with zero attached hydrogens (tertiary/aromatic N) is 2. The number of hydrogen-bond donors (Lipinski definition) is 0. The lowest BCUT2D eigenvalue weighted by Crippen LogP contribution is -1.98. The smallest absolute Gasteiger partial charge is 0.0988 e. The van der Waals surface area contributed by atoms with Crippen LogP contribution in [0.4, 0.5) is 0 Å². The van der Waals surface area contributed by atoms with Gasteiger partial charge in [-0.3, -0.25) is 0 Å². The molecule has 74 heavy (non-hydrogen) atoms. The first-order chi connectivity index (χ1) is 36.6. The van der Waals surface area contributed by atoms with Gasteiger partial charge in [-0.2, -0.15) is 0 Å². The van der Waals surface area contributed by atoms with Crippen molar-refractivity contribution in [2.24, 2.45) is 0 Å². The van der Waals surface area contributed by atoms with Gasteiger partial charge in [0.2, 0.25) is 0 Å². The third-order valence-electron chi connectivity index (χ3n) is 15.6. The number of benzene rings is 3. The average molecular weight is 1170 g/mol. The van der Waals surface area contributed by atoms with E-state index in [1.807, 2.05) is 22.7 Å². The fourth-order valence-corrected chi connectivity index (χ4v) is 14.6. The Hall–Kier alpha value is -2.64. The molecule has 0 amide bonds. The number of aromatic nitrogens is 2. The Morgan fingerprint density at radius 3 is 0.851 bits per heavy atom. The molecule has 6 aromatic rings. The molecule has 0 aliphatic carbocycles.